The number of nitrogens with zero attached hydrogens (tertiary/aromatic N) is 1. The number of aryl methyl sites for hydroxylation is 1. The summed E-state index contributed by atoms with van der Waals surface area (Å²) in [5, 5.41) is 0. The second kappa shape index (κ2) is 6.42. The summed E-state index contributed by atoms with van der Waals surface area (Å²) in [6, 6.07) is 6.27. The molecule has 0 spiro atoms. The van der Waals surface area contributed by atoms with Crippen LogP contribution in [0, 0.1) is 30.1 Å². The molecule has 0 heterocycles. The molecule has 136 valence electrons. The van der Waals surface area contributed by atoms with Gasteiger partial charge in [0, 0.05) is 17.5 Å². The lowest BCUT2D eigenvalue weighted by atomic mass is 9.48. The summed E-state index contributed by atoms with van der Waals surface area (Å²) < 4.78 is 5.49. The minimum absolute atomic E-state index is 0.0136. The Bertz CT molecular complexity index is 631. The smallest absolute Gasteiger partial charge is 0.152 e. The van der Waals surface area contributed by atoms with E-state index in [1.54, 1.807) is 7.11 Å². The van der Waals surface area contributed by atoms with Gasteiger partial charge in [-0.2, -0.15) is 0 Å². The number of rotatable bonds is 6. The third kappa shape index (κ3) is 3.23. The van der Waals surface area contributed by atoms with Gasteiger partial charge in [0.05, 0.1) is 13.7 Å². The van der Waals surface area contributed by atoms with E-state index in [0.717, 1.165) is 30.0 Å². The van der Waals surface area contributed by atoms with Crippen LogP contribution in [0.15, 0.2) is 18.2 Å². The van der Waals surface area contributed by atoms with Crippen molar-refractivity contribution in [2.24, 2.45) is 23.2 Å². The minimum atomic E-state index is 0.0136. The van der Waals surface area contributed by atoms with Gasteiger partial charge in [-0.05, 0) is 76.3 Å². The lowest BCUT2D eigenvalue weighted by molar-refractivity contribution is -0.144. The first kappa shape index (κ1) is 17.1. The van der Waals surface area contributed by atoms with Crippen molar-refractivity contribution in [1.82, 2.24) is 4.90 Å². The third-order valence-corrected chi connectivity index (χ3v) is 6.92. The molecule has 0 atom stereocenters. The molecule has 1 aromatic rings. The average molecular weight is 341 g/mol. The third-order valence-electron chi connectivity index (χ3n) is 6.92. The van der Waals surface area contributed by atoms with Gasteiger partial charge in [-0.15, -0.1) is 0 Å². The highest BCUT2D eigenvalue weighted by atomic mass is 16.5. The maximum absolute atomic E-state index is 13.2. The minimum Gasteiger partial charge on any atom is -0.496 e. The summed E-state index contributed by atoms with van der Waals surface area (Å²) in [7, 11) is 3.79. The predicted molar refractivity (Wildman–Crippen MR) is 99.7 cm³/mol. The van der Waals surface area contributed by atoms with E-state index in [1.165, 1.54) is 49.7 Å². The molecule has 4 bridgehead atoms. The number of ether oxygens (including phenoxy) is 1. The summed E-state index contributed by atoms with van der Waals surface area (Å²) in [4.78, 5) is 15.4. The van der Waals surface area contributed by atoms with Crippen molar-refractivity contribution in [2.75, 3.05) is 20.7 Å². The maximum Gasteiger partial charge on any atom is 0.152 e. The number of likely N-dealkylation sites (N-methyl/N-ethyl adjacent to an activating group) is 1. The van der Waals surface area contributed by atoms with Crippen LogP contribution in [0.5, 0.6) is 5.75 Å². The zero-order chi connectivity index (χ0) is 17.6. The maximum atomic E-state index is 13.2. The molecule has 4 fully saturated rings. The Morgan fingerprint density at radius 1 is 1.16 bits per heavy atom. The van der Waals surface area contributed by atoms with Crippen LogP contribution >= 0.6 is 0 Å². The molecule has 0 N–H and O–H groups in total. The van der Waals surface area contributed by atoms with Crippen molar-refractivity contribution < 1.29 is 9.53 Å². The van der Waals surface area contributed by atoms with Crippen molar-refractivity contribution in [1.29, 1.82) is 0 Å². The number of carbonyl (C=O) groups is 1. The largest absolute Gasteiger partial charge is 0.496 e. The van der Waals surface area contributed by atoms with Gasteiger partial charge in [-0.25, -0.2) is 0 Å². The molecule has 0 unspecified atom stereocenters. The van der Waals surface area contributed by atoms with Gasteiger partial charge in [0.25, 0.3) is 0 Å². The standard InChI is InChI=1S/C22H31NO2/c1-15-4-5-20(25-3)19(6-15)13-23(2)14-21(24)22-10-16-7-17(11-22)9-18(8-16)12-22/h4-6,16-18H,7-14H2,1-3H3. The monoisotopic (exact) mass is 341 g/mol. The highest BCUT2D eigenvalue weighted by molar-refractivity contribution is 5.87. The first-order chi connectivity index (χ1) is 12.0. The predicted octanol–water partition coefficient (Wildman–Crippen LogP) is 4.22. The fourth-order valence-electron chi connectivity index (χ4n) is 6.24. The van der Waals surface area contributed by atoms with Crippen molar-refractivity contribution in [3.63, 3.8) is 0 Å². The molecule has 3 nitrogen and oxygen atoms in total. The van der Waals surface area contributed by atoms with E-state index < -0.39 is 0 Å². The number of Topliss-reactive ketones (excluding diaryl/α,β-unsaturated/α-hetero) is 1. The number of methoxy groups -OCH3 is 1. The van der Waals surface area contributed by atoms with Gasteiger partial charge in [-0.1, -0.05) is 17.7 Å². The van der Waals surface area contributed by atoms with E-state index in [2.05, 4.69) is 31.0 Å². The number of benzene rings is 1. The molecule has 5 rings (SSSR count). The fraction of sp³-hybridized carbons (Fsp3) is 0.682. The van der Waals surface area contributed by atoms with Crippen LogP contribution < -0.4 is 4.74 Å². The van der Waals surface area contributed by atoms with Gasteiger partial charge in [0.2, 0.25) is 0 Å². The van der Waals surface area contributed by atoms with E-state index in [0.29, 0.717) is 12.3 Å². The summed E-state index contributed by atoms with van der Waals surface area (Å²) in [5.41, 5.74) is 2.42. The molecule has 0 saturated heterocycles. The summed E-state index contributed by atoms with van der Waals surface area (Å²) in [5.74, 6) is 3.91. The van der Waals surface area contributed by atoms with Gasteiger partial charge in [-0.3, -0.25) is 9.69 Å². The zero-order valence-electron chi connectivity index (χ0n) is 15.9. The molecule has 1 aromatic carbocycles. The Morgan fingerprint density at radius 3 is 2.32 bits per heavy atom. The van der Waals surface area contributed by atoms with E-state index in [1.807, 2.05) is 6.07 Å². The SMILES string of the molecule is COc1ccc(C)cc1CN(C)CC(=O)C12CC3CC(CC(C3)C1)C2. The van der Waals surface area contributed by atoms with Crippen molar-refractivity contribution in [3.8, 4) is 5.75 Å². The van der Waals surface area contributed by atoms with Crippen LogP contribution in [0.1, 0.15) is 49.7 Å². The number of hydrogen-bond acceptors (Lipinski definition) is 3. The highest BCUT2D eigenvalue weighted by Crippen LogP contribution is 2.60. The van der Waals surface area contributed by atoms with E-state index in [4.69, 9.17) is 4.74 Å². The Kier molecular flexibility index (Phi) is 4.39. The molecule has 0 aromatic heterocycles. The normalized spacial score (nSPS) is 33.0. The average Bonchev–Trinajstić information content (AvgIpc) is 2.53. The Labute approximate surface area is 151 Å². The van der Waals surface area contributed by atoms with Crippen LogP contribution in [-0.2, 0) is 11.3 Å². The number of ketones is 1. The van der Waals surface area contributed by atoms with Crippen LogP contribution in [-0.4, -0.2) is 31.4 Å². The molecule has 0 radical (unpaired) electrons. The van der Waals surface area contributed by atoms with Gasteiger partial charge >= 0.3 is 0 Å². The highest BCUT2D eigenvalue weighted by Gasteiger charge is 2.54. The molecular weight excluding hydrogens is 310 g/mol. The van der Waals surface area contributed by atoms with Crippen LogP contribution in [0.25, 0.3) is 0 Å². The van der Waals surface area contributed by atoms with E-state index in [-0.39, 0.29) is 5.41 Å². The van der Waals surface area contributed by atoms with E-state index >= 15 is 0 Å². The van der Waals surface area contributed by atoms with Crippen LogP contribution in [0.4, 0.5) is 0 Å². The second-order valence-corrected chi connectivity index (χ2v) is 9.11. The summed E-state index contributed by atoms with van der Waals surface area (Å²) in [6.07, 6.45) is 7.67. The molecule has 0 amide bonds. The lowest BCUT2D eigenvalue weighted by Gasteiger charge is -2.56. The molecule has 3 heteroatoms. The van der Waals surface area contributed by atoms with Crippen molar-refractivity contribution >= 4 is 5.78 Å². The first-order valence-electron chi connectivity index (χ1n) is 9.83. The molecule has 0 aliphatic heterocycles. The van der Waals surface area contributed by atoms with Crippen LogP contribution in [0.3, 0.4) is 0 Å². The lowest BCUT2D eigenvalue weighted by Crippen LogP contribution is -2.52. The summed E-state index contributed by atoms with van der Waals surface area (Å²) in [6.45, 7) is 3.44. The Balaban J connectivity index is 1.44. The number of hydrogen-bond donors (Lipinski definition) is 0. The zero-order valence-corrected chi connectivity index (χ0v) is 15.9. The van der Waals surface area contributed by atoms with Crippen LogP contribution in [0.2, 0.25) is 0 Å². The van der Waals surface area contributed by atoms with Crippen molar-refractivity contribution in [2.45, 2.75) is 52.0 Å². The van der Waals surface area contributed by atoms with Gasteiger partial charge in [0.15, 0.2) is 5.78 Å². The van der Waals surface area contributed by atoms with Crippen molar-refractivity contribution in [3.05, 3.63) is 29.3 Å². The second-order valence-electron chi connectivity index (χ2n) is 9.11. The molecular formula is C22H31NO2. The summed E-state index contributed by atoms with van der Waals surface area (Å²) >= 11 is 0. The number of carbonyl (C=O) groups excluding carboxylic acids is 1. The van der Waals surface area contributed by atoms with E-state index in [9.17, 15) is 4.79 Å². The van der Waals surface area contributed by atoms with Gasteiger partial charge < -0.3 is 4.74 Å². The molecule has 25 heavy (non-hydrogen) atoms. The molecule has 4 aliphatic rings. The Hall–Kier alpha value is -1.35. The first-order valence-corrected chi connectivity index (χ1v) is 9.83. The topological polar surface area (TPSA) is 29.5 Å². The molecule has 4 saturated carbocycles. The fourth-order valence-corrected chi connectivity index (χ4v) is 6.24. The van der Waals surface area contributed by atoms with Gasteiger partial charge in [0.1, 0.15) is 5.75 Å². The quantitative estimate of drug-likeness (QED) is 0.776. The molecule has 4 aliphatic carbocycles. The Morgan fingerprint density at radius 2 is 1.76 bits per heavy atom.